The molecule has 206 valence electrons. The Morgan fingerprint density at radius 1 is 0.923 bits per heavy atom. The summed E-state index contributed by atoms with van der Waals surface area (Å²) in [7, 11) is 0. The van der Waals surface area contributed by atoms with Gasteiger partial charge in [0, 0.05) is 11.7 Å². The van der Waals surface area contributed by atoms with Crippen molar-refractivity contribution in [2.45, 2.75) is 78.1 Å². The summed E-state index contributed by atoms with van der Waals surface area (Å²) in [6.07, 6.45) is 0.946. The van der Waals surface area contributed by atoms with Gasteiger partial charge in [0.05, 0.1) is 0 Å². The van der Waals surface area contributed by atoms with Gasteiger partial charge >= 0.3 is 6.09 Å². The van der Waals surface area contributed by atoms with Crippen LogP contribution in [0.3, 0.4) is 0 Å². The van der Waals surface area contributed by atoms with E-state index in [4.69, 9.17) is 4.74 Å². The van der Waals surface area contributed by atoms with Gasteiger partial charge in [-0.1, -0.05) is 68.4 Å². The molecule has 3 aromatic carbocycles. The topological polar surface area (TPSA) is 87.7 Å². The Balaban J connectivity index is 1.69. The highest BCUT2D eigenvalue weighted by Gasteiger charge is 2.45. The summed E-state index contributed by atoms with van der Waals surface area (Å²) in [5.41, 5.74) is 1.63. The zero-order valence-corrected chi connectivity index (χ0v) is 23.7. The number of carbonyl (C=O) groups is 3. The van der Waals surface area contributed by atoms with Crippen LogP contribution < -0.4 is 10.6 Å². The molecule has 3 amide bonds. The molecule has 1 fully saturated rings. The van der Waals surface area contributed by atoms with Gasteiger partial charge in [-0.05, 0) is 80.5 Å². The smallest absolute Gasteiger partial charge is 0.408 e. The first-order valence-corrected chi connectivity index (χ1v) is 13.6. The molecular weight excluding hydrogens is 490 g/mol. The molecule has 2 N–H and O–H groups in total. The van der Waals surface area contributed by atoms with E-state index in [0.29, 0.717) is 5.69 Å². The Bertz CT molecular complexity index is 1360. The van der Waals surface area contributed by atoms with Crippen LogP contribution in [-0.4, -0.2) is 40.5 Å². The maximum atomic E-state index is 14.2. The second kappa shape index (κ2) is 11.5. The molecule has 0 aromatic heterocycles. The van der Waals surface area contributed by atoms with Gasteiger partial charge in [0.2, 0.25) is 5.91 Å². The Morgan fingerprint density at radius 2 is 1.56 bits per heavy atom. The van der Waals surface area contributed by atoms with Crippen molar-refractivity contribution in [1.82, 2.24) is 10.2 Å². The molecule has 4 rings (SSSR count). The molecule has 39 heavy (non-hydrogen) atoms. The number of nitrogens with one attached hydrogen (secondary N) is 2. The third-order valence-corrected chi connectivity index (χ3v) is 6.83. The fourth-order valence-corrected chi connectivity index (χ4v) is 4.77. The van der Waals surface area contributed by atoms with Crippen molar-refractivity contribution in [3.8, 4) is 0 Å². The lowest BCUT2D eigenvalue weighted by molar-refractivity contribution is -0.142. The van der Waals surface area contributed by atoms with Gasteiger partial charge in [-0.3, -0.25) is 9.59 Å². The largest absolute Gasteiger partial charge is 0.444 e. The lowest BCUT2D eigenvalue weighted by Gasteiger charge is -2.36. The molecule has 2 atom stereocenters. The van der Waals surface area contributed by atoms with Crippen molar-refractivity contribution in [1.29, 1.82) is 0 Å². The fourth-order valence-electron chi connectivity index (χ4n) is 4.77. The summed E-state index contributed by atoms with van der Waals surface area (Å²) in [5, 5.41) is 7.95. The second-order valence-electron chi connectivity index (χ2n) is 11.7. The molecule has 7 nitrogen and oxygen atoms in total. The van der Waals surface area contributed by atoms with Crippen LogP contribution >= 0.6 is 0 Å². The lowest BCUT2D eigenvalue weighted by atomic mass is 9.96. The van der Waals surface area contributed by atoms with Gasteiger partial charge in [-0.2, -0.15) is 0 Å². The first kappa shape index (κ1) is 28.1. The molecule has 0 radical (unpaired) electrons. The number of ether oxygens (including phenoxy) is 1. The zero-order chi connectivity index (χ0) is 28.3. The maximum absolute atomic E-state index is 14.2. The average Bonchev–Trinajstić information content (AvgIpc) is 3.70. The average molecular weight is 530 g/mol. The van der Waals surface area contributed by atoms with Crippen molar-refractivity contribution in [2.24, 2.45) is 5.92 Å². The monoisotopic (exact) mass is 529 g/mol. The fraction of sp³-hybridized carbons (Fsp3) is 0.406. The van der Waals surface area contributed by atoms with Crippen LogP contribution in [0.4, 0.5) is 10.5 Å². The number of amides is 3. The summed E-state index contributed by atoms with van der Waals surface area (Å²) in [5.74, 6) is -0.799. The van der Waals surface area contributed by atoms with E-state index in [-0.39, 0.29) is 23.8 Å². The van der Waals surface area contributed by atoms with Gasteiger partial charge in [0.1, 0.15) is 17.7 Å². The van der Waals surface area contributed by atoms with Gasteiger partial charge in [0.25, 0.3) is 5.91 Å². The number of rotatable bonds is 8. The summed E-state index contributed by atoms with van der Waals surface area (Å²) in [6, 6.07) is 19.6. The van der Waals surface area contributed by atoms with Gasteiger partial charge in [0.15, 0.2) is 0 Å². The molecule has 0 aliphatic heterocycles. The number of carbonyl (C=O) groups excluding carboxylic acids is 3. The summed E-state index contributed by atoms with van der Waals surface area (Å²) < 4.78 is 5.45. The quantitative estimate of drug-likeness (QED) is 0.355. The SMILES string of the molecule is Cc1ccccc1C(C(=O)Nc1ccc2ccccc2c1)N(C(=O)C(NC(=O)OC(C)(C)C)C(C)C)C1CC1. The Kier molecular flexibility index (Phi) is 8.28. The standard InChI is InChI=1S/C32H39N3O4/c1-20(2)27(34-31(38)39-32(4,5)6)30(37)35(25-17-18-25)28(26-14-10-7-11-21(26)3)29(36)33-24-16-15-22-12-8-9-13-23(22)19-24/h7-16,19-20,25,27-28H,17-18H2,1-6H3,(H,33,36)(H,34,38). The minimum atomic E-state index is -0.862. The van der Waals surface area contributed by atoms with Gasteiger partial charge < -0.3 is 20.3 Å². The number of anilines is 1. The van der Waals surface area contributed by atoms with E-state index in [2.05, 4.69) is 10.6 Å². The van der Waals surface area contributed by atoms with Crippen LogP contribution in [0, 0.1) is 12.8 Å². The minimum Gasteiger partial charge on any atom is -0.444 e. The minimum absolute atomic E-state index is 0.0915. The Morgan fingerprint density at radius 3 is 2.18 bits per heavy atom. The van der Waals surface area contributed by atoms with Crippen molar-refractivity contribution in [2.75, 3.05) is 5.32 Å². The molecule has 0 saturated heterocycles. The number of aryl methyl sites for hydroxylation is 1. The van der Waals surface area contributed by atoms with Gasteiger partial charge in [-0.25, -0.2) is 4.79 Å². The predicted molar refractivity (Wildman–Crippen MR) is 154 cm³/mol. The normalized spacial score (nSPS) is 14.9. The van der Waals surface area contributed by atoms with Crippen LogP contribution in [0.15, 0.2) is 66.7 Å². The number of hydrogen-bond donors (Lipinski definition) is 2. The van der Waals surface area contributed by atoms with E-state index >= 15 is 0 Å². The molecule has 0 spiro atoms. The molecule has 1 aliphatic rings. The van der Waals surface area contributed by atoms with E-state index in [9.17, 15) is 14.4 Å². The van der Waals surface area contributed by atoms with E-state index in [1.54, 1.807) is 25.7 Å². The molecule has 7 heteroatoms. The molecule has 2 unspecified atom stereocenters. The number of alkyl carbamates (subject to hydrolysis) is 1. The van der Waals surface area contributed by atoms with Crippen molar-refractivity contribution < 1.29 is 19.1 Å². The molecule has 1 saturated carbocycles. The second-order valence-corrected chi connectivity index (χ2v) is 11.7. The maximum Gasteiger partial charge on any atom is 0.408 e. The third-order valence-electron chi connectivity index (χ3n) is 6.83. The van der Waals surface area contributed by atoms with Gasteiger partial charge in [-0.15, -0.1) is 0 Å². The van der Waals surface area contributed by atoms with E-state index < -0.39 is 23.8 Å². The number of nitrogens with zero attached hydrogens (tertiary/aromatic N) is 1. The molecule has 3 aromatic rings. The number of fused-ring (bicyclic) bond motifs is 1. The third kappa shape index (κ3) is 6.96. The first-order chi connectivity index (χ1) is 18.4. The summed E-state index contributed by atoms with van der Waals surface area (Å²) >= 11 is 0. The van der Waals surface area contributed by atoms with E-state index in [1.807, 2.05) is 87.5 Å². The predicted octanol–water partition coefficient (Wildman–Crippen LogP) is 6.37. The highest BCUT2D eigenvalue weighted by molar-refractivity contribution is 6.00. The van der Waals surface area contributed by atoms with Crippen LogP contribution in [0.1, 0.15) is 64.6 Å². The Hall–Kier alpha value is -3.87. The highest BCUT2D eigenvalue weighted by Crippen LogP contribution is 2.37. The zero-order valence-electron chi connectivity index (χ0n) is 23.7. The summed E-state index contributed by atoms with van der Waals surface area (Å²) in [6.45, 7) is 11.0. The molecule has 0 heterocycles. The van der Waals surface area contributed by atoms with Crippen LogP contribution in [-0.2, 0) is 14.3 Å². The number of benzene rings is 3. The lowest BCUT2D eigenvalue weighted by Crippen LogP contribution is -2.55. The molecular formula is C32H39N3O4. The highest BCUT2D eigenvalue weighted by atomic mass is 16.6. The summed E-state index contributed by atoms with van der Waals surface area (Å²) in [4.78, 5) is 42.6. The van der Waals surface area contributed by atoms with Crippen LogP contribution in [0.25, 0.3) is 10.8 Å². The molecule has 0 bridgehead atoms. The van der Waals surface area contributed by atoms with Crippen molar-refractivity contribution >= 4 is 34.4 Å². The molecule has 1 aliphatic carbocycles. The number of hydrogen-bond acceptors (Lipinski definition) is 4. The van der Waals surface area contributed by atoms with E-state index in [1.165, 1.54) is 0 Å². The Labute approximate surface area is 230 Å². The van der Waals surface area contributed by atoms with Crippen molar-refractivity contribution in [3.05, 3.63) is 77.9 Å². The van der Waals surface area contributed by atoms with Crippen molar-refractivity contribution in [3.63, 3.8) is 0 Å². The van der Waals surface area contributed by atoms with E-state index in [0.717, 1.165) is 34.7 Å². The van der Waals surface area contributed by atoms with Crippen LogP contribution in [0.2, 0.25) is 0 Å². The first-order valence-electron chi connectivity index (χ1n) is 13.6. The van der Waals surface area contributed by atoms with Crippen LogP contribution in [0.5, 0.6) is 0 Å².